The van der Waals surface area contributed by atoms with Crippen LogP contribution in [0.15, 0.2) is 35.9 Å². The van der Waals surface area contributed by atoms with E-state index >= 15 is 0 Å². The van der Waals surface area contributed by atoms with Gasteiger partial charge in [0.25, 0.3) is 0 Å². The molecule has 0 saturated heterocycles. The molecule has 0 radical (unpaired) electrons. The number of hydrogen-bond donors (Lipinski definition) is 2. The summed E-state index contributed by atoms with van der Waals surface area (Å²) in [6, 6.07) is 12.1. The highest BCUT2D eigenvalue weighted by Gasteiger charge is 2.58. The lowest BCUT2D eigenvalue weighted by Crippen LogP contribution is -3.13. The van der Waals surface area contributed by atoms with Crippen molar-refractivity contribution in [2.24, 2.45) is 17.3 Å². The molecule has 2 aliphatic rings. The number of halogens is 1. The fourth-order valence-electron chi connectivity index (χ4n) is 4.33. The number of quaternary nitrogens is 1. The first-order valence-electron chi connectivity index (χ1n) is 8.62. The zero-order chi connectivity index (χ0) is 18.9. The van der Waals surface area contributed by atoms with Crippen LogP contribution in [-0.4, -0.2) is 25.3 Å². The minimum absolute atomic E-state index is 0.193. The van der Waals surface area contributed by atoms with E-state index in [2.05, 4.69) is 13.0 Å². The summed E-state index contributed by atoms with van der Waals surface area (Å²) in [4.78, 5) is 1.27. The lowest BCUT2D eigenvalue weighted by molar-refractivity contribution is -0.897. The van der Waals surface area contributed by atoms with Crippen molar-refractivity contribution in [2.45, 2.75) is 12.8 Å². The number of likely N-dealkylation sites (N-methyl/N-ethyl adjacent to an activating group) is 1. The average Bonchev–Trinajstić information content (AvgIpc) is 2.66. The highest BCUT2D eigenvalue weighted by atomic mass is 19.1. The normalized spacial score (nSPS) is 29.5. The van der Waals surface area contributed by atoms with E-state index in [1.807, 2.05) is 18.2 Å². The molecule has 5 nitrogen and oxygen atoms in total. The zero-order valence-corrected chi connectivity index (χ0v) is 14.5. The van der Waals surface area contributed by atoms with Crippen LogP contribution in [0.1, 0.15) is 18.4 Å². The molecule has 1 saturated carbocycles. The molecule has 1 aromatic carbocycles. The lowest BCUT2D eigenvalue weighted by atomic mass is 9.54. The monoisotopic (exact) mass is 348 g/mol. The van der Waals surface area contributed by atoms with Crippen LogP contribution >= 0.6 is 0 Å². The summed E-state index contributed by atoms with van der Waals surface area (Å²) in [5, 5.41) is 37.9. The number of rotatable bonds is 2. The van der Waals surface area contributed by atoms with Crippen molar-refractivity contribution in [1.82, 2.24) is 0 Å². The minimum atomic E-state index is -1.77. The quantitative estimate of drug-likeness (QED) is 0.794. The van der Waals surface area contributed by atoms with Gasteiger partial charge in [0.15, 0.2) is 5.41 Å². The standard InChI is InChI=1S/C20H18FN5/c1-2-26-7-6-15-16(9-22)19(25)20(11-23,12-24)18(17(15)10-26)13-4-3-5-14(21)8-13/h3-6,8,16-18,25H,2,7,10H2,1H3/p+1/t16?,17-,18+/m1/s1. The molecular weight excluding hydrogens is 329 g/mol. The molecule has 130 valence electrons. The summed E-state index contributed by atoms with van der Waals surface area (Å²) >= 11 is 0. The van der Waals surface area contributed by atoms with Crippen molar-refractivity contribution in [3.63, 3.8) is 0 Å². The smallest absolute Gasteiger partial charge is 0.189 e. The van der Waals surface area contributed by atoms with Gasteiger partial charge in [-0.25, -0.2) is 4.39 Å². The number of nitrogens with one attached hydrogen (secondary N) is 2. The van der Waals surface area contributed by atoms with Gasteiger partial charge in [0.2, 0.25) is 0 Å². The van der Waals surface area contributed by atoms with Gasteiger partial charge in [-0.15, -0.1) is 0 Å². The second kappa shape index (κ2) is 6.71. The predicted molar refractivity (Wildman–Crippen MR) is 92.4 cm³/mol. The van der Waals surface area contributed by atoms with E-state index in [1.165, 1.54) is 17.0 Å². The lowest BCUT2D eigenvalue weighted by Gasteiger charge is -2.46. The van der Waals surface area contributed by atoms with Crippen LogP contribution in [0.4, 0.5) is 4.39 Å². The fourth-order valence-corrected chi connectivity index (χ4v) is 4.33. The summed E-state index contributed by atoms with van der Waals surface area (Å²) in [6.45, 7) is 4.33. The number of hydrogen-bond acceptors (Lipinski definition) is 4. The first-order valence-corrected chi connectivity index (χ1v) is 8.62. The van der Waals surface area contributed by atoms with E-state index < -0.39 is 23.1 Å². The molecule has 2 unspecified atom stereocenters. The molecule has 1 aliphatic heterocycles. The fraction of sp³-hybridized carbons (Fsp3) is 0.400. The Bertz CT molecular complexity index is 884. The van der Waals surface area contributed by atoms with Gasteiger partial charge in [0, 0.05) is 11.8 Å². The second-order valence-electron chi connectivity index (χ2n) is 6.86. The van der Waals surface area contributed by atoms with Crippen LogP contribution < -0.4 is 4.90 Å². The van der Waals surface area contributed by atoms with Crippen LogP contribution in [0.5, 0.6) is 0 Å². The van der Waals surface area contributed by atoms with Gasteiger partial charge in [-0.05, 0) is 36.3 Å². The number of benzene rings is 1. The Balaban J connectivity index is 2.26. The van der Waals surface area contributed by atoms with E-state index in [9.17, 15) is 20.2 Å². The molecular formula is C20H19FN5+. The van der Waals surface area contributed by atoms with Gasteiger partial charge < -0.3 is 10.3 Å². The third-order valence-electron chi connectivity index (χ3n) is 5.67. The van der Waals surface area contributed by atoms with Gasteiger partial charge in [0.1, 0.15) is 11.7 Å². The molecule has 4 atom stereocenters. The van der Waals surface area contributed by atoms with Crippen LogP contribution in [0.2, 0.25) is 0 Å². The van der Waals surface area contributed by atoms with E-state index in [4.69, 9.17) is 5.41 Å². The molecule has 26 heavy (non-hydrogen) atoms. The SMILES string of the molecule is CC[NH+]1CC=C2C(C#N)C(=N)C(C#N)(C#N)[C@@H](c3cccc(F)c3)[C@@H]2C1. The Morgan fingerprint density at radius 2 is 2.04 bits per heavy atom. The molecule has 3 rings (SSSR count). The Labute approximate surface area is 152 Å². The maximum absolute atomic E-state index is 13.9. The highest BCUT2D eigenvalue weighted by Crippen LogP contribution is 2.52. The highest BCUT2D eigenvalue weighted by molar-refractivity contribution is 6.00. The van der Waals surface area contributed by atoms with Crippen LogP contribution in [0.25, 0.3) is 0 Å². The average molecular weight is 348 g/mol. The van der Waals surface area contributed by atoms with Crippen LogP contribution in [0, 0.1) is 62.5 Å². The number of nitriles is 3. The van der Waals surface area contributed by atoms with E-state index in [0.29, 0.717) is 12.1 Å². The summed E-state index contributed by atoms with van der Waals surface area (Å²) in [5.74, 6) is -2.23. The molecule has 1 aromatic rings. The van der Waals surface area contributed by atoms with Crippen molar-refractivity contribution >= 4 is 5.71 Å². The van der Waals surface area contributed by atoms with Crippen molar-refractivity contribution < 1.29 is 9.29 Å². The first-order chi connectivity index (χ1) is 12.5. The topological polar surface area (TPSA) is 99.7 Å². The maximum atomic E-state index is 13.9. The Morgan fingerprint density at radius 3 is 2.62 bits per heavy atom. The van der Waals surface area contributed by atoms with E-state index in [-0.39, 0.29) is 11.6 Å². The van der Waals surface area contributed by atoms with Gasteiger partial charge >= 0.3 is 0 Å². The van der Waals surface area contributed by atoms with Crippen molar-refractivity contribution in [2.75, 3.05) is 19.6 Å². The Kier molecular flexibility index (Phi) is 4.60. The third-order valence-corrected chi connectivity index (χ3v) is 5.67. The summed E-state index contributed by atoms with van der Waals surface area (Å²) in [7, 11) is 0. The molecule has 0 bridgehead atoms. The summed E-state index contributed by atoms with van der Waals surface area (Å²) < 4.78 is 13.9. The molecule has 2 N–H and O–H groups in total. The van der Waals surface area contributed by atoms with Gasteiger partial charge in [-0.2, -0.15) is 15.8 Å². The van der Waals surface area contributed by atoms with Crippen LogP contribution in [-0.2, 0) is 0 Å². The largest absolute Gasteiger partial charge is 0.331 e. The summed E-state index contributed by atoms with van der Waals surface area (Å²) in [5.41, 5.74) is -0.638. The molecule has 6 heteroatoms. The predicted octanol–water partition coefficient (Wildman–Crippen LogP) is 1.58. The molecule has 0 aromatic heterocycles. The maximum Gasteiger partial charge on any atom is 0.189 e. The van der Waals surface area contributed by atoms with Gasteiger partial charge in [-0.3, -0.25) is 0 Å². The zero-order valence-electron chi connectivity index (χ0n) is 14.5. The Morgan fingerprint density at radius 1 is 1.31 bits per heavy atom. The van der Waals surface area contributed by atoms with Crippen LogP contribution in [0.3, 0.4) is 0 Å². The van der Waals surface area contributed by atoms with Gasteiger partial charge in [0.05, 0.1) is 43.6 Å². The third kappa shape index (κ3) is 2.49. The van der Waals surface area contributed by atoms with E-state index in [0.717, 1.165) is 18.7 Å². The Hall–Kier alpha value is -3.01. The summed E-state index contributed by atoms with van der Waals surface area (Å²) in [6.07, 6.45) is 1.97. The number of fused-ring (bicyclic) bond motifs is 1. The molecule has 0 amide bonds. The van der Waals surface area contributed by atoms with Gasteiger partial charge in [-0.1, -0.05) is 12.1 Å². The van der Waals surface area contributed by atoms with E-state index in [1.54, 1.807) is 12.1 Å². The van der Waals surface area contributed by atoms with Crippen molar-refractivity contribution in [1.29, 1.82) is 21.2 Å². The minimum Gasteiger partial charge on any atom is -0.331 e. The molecule has 1 aliphatic carbocycles. The second-order valence-corrected chi connectivity index (χ2v) is 6.86. The molecule has 1 fully saturated rings. The molecule has 1 heterocycles. The first kappa shape index (κ1) is 17.8. The number of nitrogens with zero attached hydrogens (tertiary/aromatic N) is 3. The molecule has 0 spiro atoms. The van der Waals surface area contributed by atoms with Crippen molar-refractivity contribution in [3.05, 3.63) is 47.3 Å². The van der Waals surface area contributed by atoms with Crippen molar-refractivity contribution in [3.8, 4) is 18.2 Å².